The van der Waals surface area contributed by atoms with Gasteiger partial charge >= 0.3 is 0 Å². The smallest absolute Gasteiger partial charge is 0.229 e. The van der Waals surface area contributed by atoms with Crippen LogP contribution in [0.4, 0.5) is 5.95 Å². The maximum Gasteiger partial charge on any atom is 0.229 e. The van der Waals surface area contributed by atoms with Gasteiger partial charge in [-0.25, -0.2) is 0 Å². The van der Waals surface area contributed by atoms with Crippen LogP contribution in [0.1, 0.15) is 27.2 Å². The van der Waals surface area contributed by atoms with Gasteiger partial charge < -0.3 is 14.8 Å². The monoisotopic (exact) mass is 239 g/mol. The fourth-order valence-corrected chi connectivity index (χ4v) is 1.58. The topological polar surface area (TPSA) is 56.3 Å². The van der Waals surface area contributed by atoms with E-state index in [1.807, 2.05) is 0 Å². The Balaban J connectivity index is 2.89. The van der Waals surface area contributed by atoms with Crippen molar-refractivity contribution >= 4 is 5.95 Å². The minimum Gasteiger partial charge on any atom is -0.481 e. The van der Waals surface area contributed by atoms with Gasteiger partial charge in [-0.15, -0.1) is 0 Å². The summed E-state index contributed by atoms with van der Waals surface area (Å²) >= 11 is 0. The Bertz CT molecular complexity index is 333. The van der Waals surface area contributed by atoms with Crippen LogP contribution in [0.5, 0.6) is 11.8 Å². The van der Waals surface area contributed by atoms with Crippen molar-refractivity contribution in [3.05, 3.63) is 6.07 Å². The Morgan fingerprint density at radius 3 is 2.06 bits per heavy atom. The number of methoxy groups -OCH3 is 2. The molecule has 0 aliphatic rings. The van der Waals surface area contributed by atoms with E-state index >= 15 is 0 Å². The maximum absolute atomic E-state index is 5.10. The summed E-state index contributed by atoms with van der Waals surface area (Å²) < 4.78 is 10.2. The number of aromatic nitrogens is 2. The molecule has 0 radical (unpaired) electrons. The Hall–Kier alpha value is -1.52. The van der Waals surface area contributed by atoms with Crippen LogP contribution in [0, 0.1) is 5.92 Å². The fourth-order valence-electron chi connectivity index (χ4n) is 1.58. The first-order valence-corrected chi connectivity index (χ1v) is 5.84. The number of hydrogen-bond donors (Lipinski definition) is 1. The molecule has 5 nitrogen and oxygen atoms in total. The molecular weight excluding hydrogens is 218 g/mol. The Kier molecular flexibility index (Phi) is 5.00. The number of ether oxygens (including phenoxy) is 2. The molecule has 1 atom stereocenters. The van der Waals surface area contributed by atoms with Gasteiger partial charge in [-0.05, 0) is 12.3 Å². The molecule has 0 amide bonds. The minimum atomic E-state index is 0.340. The molecule has 1 unspecified atom stereocenters. The maximum atomic E-state index is 5.10. The summed E-state index contributed by atoms with van der Waals surface area (Å²) in [5, 5.41) is 3.30. The Labute approximate surface area is 103 Å². The number of nitrogens with zero attached hydrogens (tertiary/aromatic N) is 2. The first-order chi connectivity index (χ1) is 8.10. The van der Waals surface area contributed by atoms with Crippen molar-refractivity contribution < 1.29 is 9.47 Å². The molecule has 1 aromatic heterocycles. The standard InChI is InChI=1S/C12H21N3O2/c1-6-9(8(2)3)13-12-14-10(16-4)7-11(15-12)17-5/h7-9H,6H2,1-5H3,(H,13,14,15). The van der Waals surface area contributed by atoms with Crippen molar-refractivity contribution in [1.82, 2.24) is 9.97 Å². The van der Waals surface area contributed by atoms with Crippen LogP contribution in [-0.4, -0.2) is 30.2 Å². The normalized spacial score (nSPS) is 12.4. The van der Waals surface area contributed by atoms with E-state index in [2.05, 4.69) is 36.1 Å². The summed E-state index contributed by atoms with van der Waals surface area (Å²) in [6.45, 7) is 6.46. The van der Waals surface area contributed by atoms with Crippen molar-refractivity contribution in [1.29, 1.82) is 0 Å². The lowest BCUT2D eigenvalue weighted by atomic mass is 10.0. The summed E-state index contributed by atoms with van der Waals surface area (Å²) in [5.41, 5.74) is 0. The van der Waals surface area contributed by atoms with Crippen molar-refractivity contribution in [2.45, 2.75) is 33.2 Å². The molecule has 5 heteroatoms. The van der Waals surface area contributed by atoms with E-state index in [1.165, 1.54) is 0 Å². The van der Waals surface area contributed by atoms with Crippen molar-refractivity contribution in [2.75, 3.05) is 19.5 Å². The summed E-state index contributed by atoms with van der Waals surface area (Å²) in [6.07, 6.45) is 1.01. The van der Waals surface area contributed by atoms with Gasteiger partial charge in [-0.1, -0.05) is 20.8 Å². The zero-order valence-electron chi connectivity index (χ0n) is 11.2. The van der Waals surface area contributed by atoms with Gasteiger partial charge in [0.25, 0.3) is 0 Å². The van der Waals surface area contributed by atoms with Crippen LogP contribution < -0.4 is 14.8 Å². The molecule has 17 heavy (non-hydrogen) atoms. The van der Waals surface area contributed by atoms with Crippen LogP contribution >= 0.6 is 0 Å². The highest BCUT2D eigenvalue weighted by molar-refractivity contribution is 5.34. The van der Waals surface area contributed by atoms with Gasteiger partial charge in [-0.2, -0.15) is 9.97 Å². The molecule has 96 valence electrons. The lowest BCUT2D eigenvalue weighted by molar-refractivity contribution is 0.372. The van der Waals surface area contributed by atoms with Gasteiger partial charge in [-0.3, -0.25) is 0 Å². The Morgan fingerprint density at radius 1 is 1.18 bits per heavy atom. The molecule has 0 fully saturated rings. The zero-order chi connectivity index (χ0) is 12.8. The third kappa shape index (κ3) is 3.76. The highest BCUT2D eigenvalue weighted by Crippen LogP contribution is 2.19. The molecule has 0 aromatic carbocycles. The second kappa shape index (κ2) is 6.27. The molecule has 1 N–H and O–H groups in total. The molecule has 0 saturated carbocycles. The van der Waals surface area contributed by atoms with Gasteiger partial charge in [0.2, 0.25) is 17.7 Å². The van der Waals surface area contributed by atoms with Crippen LogP contribution in [0.2, 0.25) is 0 Å². The molecule has 0 aliphatic carbocycles. The quantitative estimate of drug-likeness (QED) is 0.825. The third-order valence-corrected chi connectivity index (χ3v) is 2.66. The minimum absolute atomic E-state index is 0.340. The Morgan fingerprint density at radius 2 is 1.71 bits per heavy atom. The number of rotatable bonds is 6. The van der Waals surface area contributed by atoms with Crippen molar-refractivity contribution in [3.8, 4) is 11.8 Å². The van der Waals surface area contributed by atoms with E-state index in [0.717, 1.165) is 6.42 Å². The number of anilines is 1. The number of hydrogen-bond acceptors (Lipinski definition) is 5. The molecule has 1 aromatic rings. The van der Waals surface area contributed by atoms with E-state index in [0.29, 0.717) is 29.7 Å². The zero-order valence-corrected chi connectivity index (χ0v) is 11.2. The van der Waals surface area contributed by atoms with E-state index in [1.54, 1.807) is 20.3 Å². The van der Waals surface area contributed by atoms with Crippen LogP contribution in [0.3, 0.4) is 0 Å². The second-order valence-corrected chi connectivity index (χ2v) is 4.18. The average molecular weight is 239 g/mol. The van der Waals surface area contributed by atoms with Crippen molar-refractivity contribution in [3.63, 3.8) is 0 Å². The molecule has 0 saturated heterocycles. The van der Waals surface area contributed by atoms with E-state index < -0.39 is 0 Å². The molecule has 0 bridgehead atoms. The average Bonchev–Trinajstić information content (AvgIpc) is 2.34. The summed E-state index contributed by atoms with van der Waals surface area (Å²) in [6, 6.07) is 1.99. The van der Waals surface area contributed by atoms with Crippen LogP contribution in [-0.2, 0) is 0 Å². The predicted molar refractivity (Wildman–Crippen MR) is 67.7 cm³/mol. The molecule has 0 spiro atoms. The second-order valence-electron chi connectivity index (χ2n) is 4.18. The van der Waals surface area contributed by atoms with Gasteiger partial charge in [0, 0.05) is 6.04 Å². The van der Waals surface area contributed by atoms with Crippen LogP contribution in [0.15, 0.2) is 6.07 Å². The first-order valence-electron chi connectivity index (χ1n) is 5.84. The molecule has 1 rings (SSSR count). The van der Waals surface area contributed by atoms with E-state index in [9.17, 15) is 0 Å². The summed E-state index contributed by atoms with van der Waals surface area (Å²) in [4.78, 5) is 8.49. The fraction of sp³-hybridized carbons (Fsp3) is 0.667. The highest BCUT2D eigenvalue weighted by Gasteiger charge is 2.13. The molecule has 1 heterocycles. The third-order valence-electron chi connectivity index (χ3n) is 2.66. The van der Waals surface area contributed by atoms with Crippen molar-refractivity contribution in [2.24, 2.45) is 5.92 Å². The summed E-state index contributed by atoms with van der Waals surface area (Å²) in [7, 11) is 3.15. The van der Waals surface area contributed by atoms with Gasteiger partial charge in [0.1, 0.15) is 0 Å². The SMILES string of the molecule is CCC(Nc1nc(OC)cc(OC)n1)C(C)C. The van der Waals surface area contributed by atoms with Gasteiger partial charge in [0.15, 0.2) is 0 Å². The molecular formula is C12H21N3O2. The predicted octanol–water partition coefficient (Wildman–Crippen LogP) is 2.34. The van der Waals surface area contributed by atoms with Crippen LogP contribution in [0.25, 0.3) is 0 Å². The lowest BCUT2D eigenvalue weighted by Crippen LogP contribution is -2.25. The van der Waals surface area contributed by atoms with E-state index in [4.69, 9.17) is 9.47 Å². The lowest BCUT2D eigenvalue weighted by Gasteiger charge is -2.20. The summed E-state index contributed by atoms with van der Waals surface area (Å²) in [5.74, 6) is 2.05. The largest absolute Gasteiger partial charge is 0.481 e. The molecule has 0 aliphatic heterocycles. The highest BCUT2D eigenvalue weighted by atomic mass is 16.5. The first kappa shape index (κ1) is 13.5. The number of nitrogens with one attached hydrogen (secondary N) is 1. The van der Waals surface area contributed by atoms with E-state index in [-0.39, 0.29) is 0 Å². The van der Waals surface area contributed by atoms with Gasteiger partial charge in [0.05, 0.1) is 20.3 Å².